The van der Waals surface area contributed by atoms with Gasteiger partial charge in [-0.15, -0.1) is 11.6 Å². The third-order valence-electron chi connectivity index (χ3n) is 29.0. The fraction of sp³-hybridized carbons (Fsp3) is 0.551. The molecule has 14 aliphatic rings. The number of carbonyl (C=O) groups excluding carboxylic acids is 6. The van der Waals surface area contributed by atoms with Crippen LogP contribution in [0, 0.1) is 23.7 Å². The predicted octanol–water partition coefficient (Wildman–Crippen LogP) is 20.5. The first-order chi connectivity index (χ1) is 68.1. The molecule has 5 saturated carbocycles. The van der Waals surface area contributed by atoms with Gasteiger partial charge in [-0.1, -0.05) is 238 Å². The normalized spacial score (nSPS) is 22.6. The van der Waals surface area contributed by atoms with Crippen molar-refractivity contribution in [2.24, 2.45) is 50.1 Å². The van der Waals surface area contributed by atoms with E-state index in [0.717, 1.165) is 157 Å². The summed E-state index contributed by atoms with van der Waals surface area (Å²) in [5.74, 6) is -1.63. The molecule has 4 spiro atoms. The zero-order chi connectivity index (χ0) is 104. The molecule has 0 bridgehead atoms. The number of amidine groups is 3. The van der Waals surface area contributed by atoms with Crippen molar-refractivity contribution < 1.29 is 83.2 Å². The molecule has 6 unspecified atom stereocenters. The number of carboxylic acids is 1. The number of nitrogens with one attached hydrogen (secondary N) is 3. The van der Waals surface area contributed by atoms with E-state index >= 15 is 0 Å². The number of hydrogen-bond acceptors (Lipinski definition) is 25. The van der Waals surface area contributed by atoms with Crippen LogP contribution in [0.3, 0.4) is 0 Å². The zero-order valence-electron chi connectivity index (χ0n) is 85.7. The Morgan fingerprint density at radius 3 is 1.24 bits per heavy atom. The van der Waals surface area contributed by atoms with Crippen molar-refractivity contribution in [2.45, 2.75) is 299 Å². The summed E-state index contributed by atoms with van der Waals surface area (Å²) in [6.45, 7) is 21.8. The Kier molecular flexibility index (Phi) is 44.8. The molecule has 9 N–H and O–H groups in total. The number of thioether (sulfide) groups is 3. The maximum absolute atomic E-state index is 13.9. The van der Waals surface area contributed by atoms with E-state index in [1.54, 1.807) is 63.7 Å². The number of carbonyl (C=O) groups is 7. The first-order valence-electron chi connectivity index (χ1n) is 50.1. The number of ether oxygens (including phenoxy) is 2. The number of allylic oxidation sites excluding steroid dienone is 3. The van der Waals surface area contributed by atoms with Gasteiger partial charge in [-0.2, -0.15) is 0 Å². The first kappa shape index (κ1) is 121. The number of carboxylic acid groups (broad SMARTS) is 1. The summed E-state index contributed by atoms with van der Waals surface area (Å²) >= 11 is 53.3. The maximum atomic E-state index is 13.9. The van der Waals surface area contributed by atoms with Crippen LogP contribution in [-0.4, -0.2) is 206 Å². The van der Waals surface area contributed by atoms with Crippen LogP contribution in [0.2, 0.25) is 25.1 Å². The number of aliphatic carboxylic acids is 1. The molecule has 5 aromatic carbocycles. The van der Waals surface area contributed by atoms with Gasteiger partial charge in [-0.25, -0.2) is 14.4 Å². The molecule has 3 saturated heterocycles. The van der Waals surface area contributed by atoms with Gasteiger partial charge >= 0.3 is 47.5 Å². The van der Waals surface area contributed by atoms with E-state index in [1.807, 2.05) is 84.0 Å². The number of Topliss-reactive ketones (excluding diaryl/α,β-unsaturated/α-hetero) is 1. The Morgan fingerprint density at radius 1 is 0.517 bits per heavy atom. The van der Waals surface area contributed by atoms with Gasteiger partial charge in [-0.3, -0.25) is 34.2 Å². The van der Waals surface area contributed by atoms with Crippen molar-refractivity contribution >= 4 is 208 Å². The average molecular weight is 2230 g/mol. The summed E-state index contributed by atoms with van der Waals surface area (Å²) in [6, 6.07) is 40.1. The van der Waals surface area contributed by atoms with Gasteiger partial charge in [0.25, 0.3) is 5.91 Å². The number of benzene rings is 5. The van der Waals surface area contributed by atoms with Crippen molar-refractivity contribution in [1.82, 2.24) is 45.3 Å². The van der Waals surface area contributed by atoms with E-state index in [4.69, 9.17) is 113 Å². The number of esters is 2. The number of rotatable bonds is 19. The minimum atomic E-state index is -1.15. The van der Waals surface area contributed by atoms with E-state index in [-0.39, 0.29) is 165 Å². The van der Waals surface area contributed by atoms with Crippen LogP contribution in [0.1, 0.15) is 281 Å². The number of thiocarbonyl (C=S) groups is 3. The van der Waals surface area contributed by atoms with Gasteiger partial charge in [0, 0.05) is 98.8 Å². The molecule has 25 nitrogen and oxygen atoms in total. The Labute approximate surface area is 937 Å². The van der Waals surface area contributed by atoms with E-state index < -0.39 is 17.3 Å². The molecule has 9 heterocycles. The van der Waals surface area contributed by atoms with Crippen LogP contribution in [-0.2, 0) is 43.0 Å². The van der Waals surface area contributed by atoms with Crippen LogP contribution in [0.4, 0.5) is 0 Å². The summed E-state index contributed by atoms with van der Waals surface area (Å²) in [5.41, 5.74) is 21.0. The number of nitrogens with two attached hydrogens (primary N) is 2. The number of amides is 3. The molecule has 19 rings (SSSR count). The van der Waals surface area contributed by atoms with Crippen LogP contribution >= 0.6 is 142 Å². The first-order valence-corrected chi connectivity index (χ1v) is 56.1. The Hall–Kier alpha value is -6.24. The number of hydrogen-bond donors (Lipinski definition) is 6. The number of likely N-dealkylation sites (N-methyl/N-ethyl adjacent to an activating group) is 2. The molecule has 8 fully saturated rings. The predicted molar refractivity (Wildman–Crippen MR) is 596 cm³/mol. The van der Waals surface area contributed by atoms with Gasteiger partial charge in [0.05, 0.1) is 65.6 Å². The monoisotopic (exact) mass is 2220 g/mol. The quantitative estimate of drug-likeness (QED) is 0.0147. The average Bonchev–Trinajstić information content (AvgIpc) is 1.55. The molecule has 5 aliphatic carbocycles. The van der Waals surface area contributed by atoms with Gasteiger partial charge in [-0.05, 0) is 288 Å². The van der Waals surface area contributed by atoms with E-state index in [1.165, 1.54) is 129 Å². The summed E-state index contributed by atoms with van der Waals surface area (Å²) in [6.07, 6.45) is 26.5. The Balaban J connectivity index is 0.000000178. The Morgan fingerprint density at radius 2 is 0.876 bits per heavy atom. The smallest absolute Gasteiger partial charge is 0.870 e. The molecule has 3 amide bonds. The molecular formula is C107H139Cl6N14NaO11S6. The molecule has 782 valence electrons. The summed E-state index contributed by atoms with van der Waals surface area (Å²) in [7, 11) is 7.11. The number of alkyl halides is 1. The third-order valence-corrected chi connectivity index (χ3v) is 34.1. The summed E-state index contributed by atoms with van der Waals surface area (Å²) in [4.78, 5) is 114. The molecular weight excluding hydrogens is 2090 g/mol. The number of nitrogens with zero attached hydrogens (tertiary/aromatic N) is 9. The third kappa shape index (κ3) is 27.9. The molecule has 0 aromatic heterocycles. The van der Waals surface area contributed by atoms with Gasteiger partial charge in [0.15, 0.2) is 31.8 Å². The summed E-state index contributed by atoms with van der Waals surface area (Å²) < 4.78 is 11.8. The standard InChI is InChI=1S/C26H33ClN4O2S.C21H25ClN2O2S.C19H21ClN2O2S.C13H15ClN2S.C12H17ClN2.C8H13ClO3.C7H14N2O.CS2.Na.H2O/c1-16(2)20-21(24(33)30-15-7-8-19(30)23(32)29(3)4)34-25-28-26(13-5-6-14-26)22(31(20)25)17-9-11-18(27)12-10-17;1-4-26-19(25)17-16(13(2)3)24-18(14-7-9-15(22)10-8-14)21(11-5-6-12-21)23-20(24)27-17;1-11(2)14-15(17(23)24)25-18-21-19(9-3-4-10-19)16(22(14)18)12-5-7-13(20)8-6-12;14-10-5-3-9(4-6-10)11-13(7-1-2-8-13)16-12(17)15-11;13-10-5-3-9(4-6-10)11(14)12(15)7-1-2-8-12;1-4-12-8(11)6(9)7(10)5(2)3;1-9(2)7(10)6-4-3-5-8-6;2-1-3;;/h9-12,16,19,22H,5-8,13-15H2,1-4H3;7-10,13,18H,4-6,11-12H2,1-3H3;5-8,11,16H,3-4,9-10H2,1-2H3,(H,23,24);3-6,11H,1-2,7-8H2,(H2,15,16,17);3-6,11H,1-2,7-8,14-15H2;5-6H,4H2,1-3H3;6,8H,3-5H2,1-2H3;;;1H2/q;;;;;;;;+1;/p-1/t19-,22?;;;;;;6-;;;/m0.....0.../s1. The number of ketones is 1. The van der Waals surface area contributed by atoms with E-state index in [2.05, 4.69) is 150 Å². The van der Waals surface area contributed by atoms with Crippen molar-refractivity contribution in [3.8, 4) is 0 Å². The SMILES string of the molecule is CC(C)C1=C(C(=O)N2CCC[C@H]2C(=O)N(C)C)SC2=NC3(CCCC3)C(c3ccc(Cl)cc3)N21.CC(C)C1=C(C(=O)O)SC2=NC3(CCCC3)C(c3ccc(Cl)cc3)N21.CCOC(=O)C(Cl)C(=O)C(C)C.CCOC(=O)C1=C(C(C)C)N2C(=NC3(CCCC3)C2c2ccc(Cl)cc2)S1.CN(C)C(=O)[C@@H]1CCCN1.NC(c1ccc(Cl)cc1)C1(N)CCCC1.S=C1NC(c2ccc(Cl)cc2)C2(CCCC2)N1.S=C=S.[Na+].[OH-]. The van der Waals surface area contributed by atoms with Gasteiger partial charge in [0.2, 0.25) is 11.8 Å². The van der Waals surface area contributed by atoms with Crippen molar-refractivity contribution in [2.75, 3.05) is 54.5 Å². The summed E-state index contributed by atoms with van der Waals surface area (Å²) in [5, 5.41) is 25.7. The number of aliphatic imine (C=N–C) groups is 3. The Bertz CT molecular complexity index is 5600. The fourth-order valence-electron chi connectivity index (χ4n) is 22.3. The number of likely N-dealkylation sites (tertiary alicyclic amines) is 1. The second-order valence-electron chi connectivity index (χ2n) is 40.5. The number of fused-ring (bicyclic) bond motifs is 3. The van der Waals surface area contributed by atoms with Crippen molar-refractivity contribution in [3.05, 3.63) is 206 Å². The largest absolute Gasteiger partial charge is 1.00 e. The van der Waals surface area contributed by atoms with E-state index in [9.17, 15) is 38.7 Å². The minimum Gasteiger partial charge on any atom is -0.870 e. The van der Waals surface area contributed by atoms with Crippen LogP contribution in [0.25, 0.3) is 0 Å². The van der Waals surface area contributed by atoms with Gasteiger partial charge in [0.1, 0.15) is 20.8 Å². The number of halogens is 6. The molecule has 0 radical (unpaired) electrons. The van der Waals surface area contributed by atoms with Crippen LogP contribution < -0.4 is 57.0 Å². The van der Waals surface area contributed by atoms with Crippen molar-refractivity contribution in [3.63, 3.8) is 0 Å². The second-order valence-corrected chi connectivity index (χ2v) is 47.1. The topological polar surface area (TPSA) is 333 Å². The molecule has 8 atom stereocenters. The van der Waals surface area contributed by atoms with Crippen molar-refractivity contribution in [1.29, 1.82) is 0 Å². The van der Waals surface area contributed by atoms with Crippen LogP contribution in [0.5, 0.6) is 0 Å². The van der Waals surface area contributed by atoms with Crippen LogP contribution in [0.15, 0.2) is 168 Å². The zero-order valence-corrected chi connectivity index (χ0v) is 97.2. The molecule has 38 heteroatoms. The molecule has 5 aromatic rings. The minimum absolute atomic E-state index is 0. The van der Waals surface area contributed by atoms with Gasteiger partial charge < -0.3 is 76.9 Å². The van der Waals surface area contributed by atoms with E-state index in [0.29, 0.717) is 28.0 Å². The maximum Gasteiger partial charge on any atom is 1.00 e. The molecule has 145 heavy (non-hydrogen) atoms. The molecule has 9 aliphatic heterocycles. The fourth-order valence-corrected chi connectivity index (χ4v) is 27.5. The second kappa shape index (κ2) is 53.8.